The van der Waals surface area contributed by atoms with Gasteiger partial charge in [0.1, 0.15) is 17.6 Å². The highest BCUT2D eigenvalue weighted by atomic mass is 16.5. The fraction of sp³-hybridized carbons (Fsp3) is 0.368. The Kier molecular flexibility index (Phi) is 6.62. The summed E-state index contributed by atoms with van der Waals surface area (Å²) in [5.74, 6) is 0.968. The summed E-state index contributed by atoms with van der Waals surface area (Å²) in [6, 6.07) is 9.76. The van der Waals surface area contributed by atoms with Gasteiger partial charge in [0.2, 0.25) is 5.91 Å². The number of benzene rings is 1. The van der Waals surface area contributed by atoms with Crippen LogP contribution in [0, 0.1) is 5.92 Å². The highest BCUT2D eigenvalue weighted by Gasteiger charge is 2.22. The maximum absolute atomic E-state index is 12.5. The third-order valence-electron chi connectivity index (χ3n) is 3.68. The van der Waals surface area contributed by atoms with E-state index < -0.39 is 6.04 Å². The van der Waals surface area contributed by atoms with E-state index in [0.29, 0.717) is 23.5 Å². The molecule has 0 aliphatic carbocycles. The number of carbonyl (C=O) groups is 2. The number of ether oxygens (including phenoxy) is 1. The summed E-state index contributed by atoms with van der Waals surface area (Å²) >= 11 is 0. The Hall–Kier alpha value is -2.76. The van der Waals surface area contributed by atoms with Crippen LogP contribution in [0.1, 0.15) is 36.4 Å². The molecule has 0 unspecified atom stereocenters. The van der Waals surface area contributed by atoms with Crippen molar-refractivity contribution in [1.82, 2.24) is 10.6 Å². The van der Waals surface area contributed by atoms with Gasteiger partial charge in [-0.3, -0.25) is 9.59 Å². The Labute approximate surface area is 147 Å². The Morgan fingerprint density at radius 2 is 2.00 bits per heavy atom. The number of furan rings is 1. The molecule has 2 rings (SSSR count). The molecular weight excluding hydrogens is 320 g/mol. The smallest absolute Gasteiger partial charge is 0.252 e. The normalized spacial score (nSPS) is 11.8. The molecule has 0 aliphatic rings. The van der Waals surface area contributed by atoms with Crippen molar-refractivity contribution in [2.24, 2.45) is 5.92 Å². The molecule has 2 amide bonds. The monoisotopic (exact) mass is 344 g/mol. The van der Waals surface area contributed by atoms with E-state index in [9.17, 15) is 9.59 Å². The second-order valence-electron chi connectivity index (χ2n) is 6.18. The van der Waals surface area contributed by atoms with Crippen molar-refractivity contribution in [3.05, 3.63) is 54.0 Å². The lowest BCUT2D eigenvalue weighted by Gasteiger charge is -2.20. The maximum Gasteiger partial charge on any atom is 0.252 e. The lowest BCUT2D eigenvalue weighted by molar-refractivity contribution is -0.123. The summed E-state index contributed by atoms with van der Waals surface area (Å²) in [5.41, 5.74) is 0.451. The molecule has 134 valence electrons. The molecule has 0 radical (unpaired) electrons. The van der Waals surface area contributed by atoms with Gasteiger partial charge in [0.15, 0.2) is 0 Å². The first kappa shape index (κ1) is 18.6. The van der Waals surface area contributed by atoms with Crippen LogP contribution in [0.25, 0.3) is 0 Å². The van der Waals surface area contributed by atoms with Crippen molar-refractivity contribution < 1.29 is 18.7 Å². The SMILES string of the molecule is COc1cccc(C(=O)N[C@H](CC(C)C)C(=O)NCc2ccco2)c1. The highest BCUT2D eigenvalue weighted by Crippen LogP contribution is 2.13. The van der Waals surface area contributed by atoms with Gasteiger partial charge in [-0.2, -0.15) is 0 Å². The van der Waals surface area contributed by atoms with Gasteiger partial charge in [-0.15, -0.1) is 0 Å². The zero-order valence-electron chi connectivity index (χ0n) is 14.7. The van der Waals surface area contributed by atoms with E-state index in [4.69, 9.17) is 9.15 Å². The van der Waals surface area contributed by atoms with E-state index in [2.05, 4.69) is 10.6 Å². The van der Waals surface area contributed by atoms with E-state index in [1.54, 1.807) is 49.8 Å². The average molecular weight is 344 g/mol. The molecule has 0 fully saturated rings. The Morgan fingerprint density at radius 1 is 1.20 bits per heavy atom. The molecule has 1 atom stereocenters. The van der Waals surface area contributed by atoms with Crippen LogP contribution in [-0.2, 0) is 11.3 Å². The standard InChI is InChI=1S/C19H24N2O4/c1-13(2)10-17(19(23)20-12-16-8-5-9-25-16)21-18(22)14-6-4-7-15(11-14)24-3/h4-9,11,13,17H,10,12H2,1-3H3,(H,20,23)(H,21,22)/t17-/m1/s1. The number of methoxy groups -OCH3 is 1. The lowest BCUT2D eigenvalue weighted by Crippen LogP contribution is -2.47. The minimum Gasteiger partial charge on any atom is -0.497 e. The summed E-state index contributed by atoms with van der Waals surface area (Å²) in [7, 11) is 1.54. The van der Waals surface area contributed by atoms with Gasteiger partial charge < -0.3 is 19.8 Å². The summed E-state index contributed by atoms with van der Waals surface area (Å²) in [6.07, 6.45) is 2.09. The fourth-order valence-electron chi connectivity index (χ4n) is 2.42. The van der Waals surface area contributed by atoms with Crippen molar-refractivity contribution in [1.29, 1.82) is 0 Å². The molecule has 1 aromatic carbocycles. The molecule has 0 saturated heterocycles. The highest BCUT2D eigenvalue weighted by molar-refractivity contribution is 5.97. The van der Waals surface area contributed by atoms with E-state index in [1.165, 1.54) is 0 Å². The number of amides is 2. The first-order valence-electron chi connectivity index (χ1n) is 8.24. The van der Waals surface area contributed by atoms with Gasteiger partial charge >= 0.3 is 0 Å². The largest absolute Gasteiger partial charge is 0.497 e. The van der Waals surface area contributed by atoms with Crippen molar-refractivity contribution in [2.75, 3.05) is 7.11 Å². The van der Waals surface area contributed by atoms with E-state index in [-0.39, 0.29) is 24.3 Å². The molecule has 2 N–H and O–H groups in total. The van der Waals surface area contributed by atoms with Crippen LogP contribution in [0.3, 0.4) is 0 Å². The molecule has 1 aromatic heterocycles. The second kappa shape index (κ2) is 8.92. The molecule has 2 aromatic rings. The van der Waals surface area contributed by atoms with Crippen LogP contribution in [0.2, 0.25) is 0 Å². The Bertz CT molecular complexity index is 695. The minimum atomic E-state index is -0.617. The summed E-state index contributed by atoms with van der Waals surface area (Å²) in [6.45, 7) is 4.30. The number of rotatable bonds is 8. The van der Waals surface area contributed by atoms with Gasteiger partial charge in [0, 0.05) is 5.56 Å². The quantitative estimate of drug-likeness (QED) is 0.772. The van der Waals surface area contributed by atoms with Gasteiger partial charge in [-0.05, 0) is 42.7 Å². The average Bonchev–Trinajstić information content (AvgIpc) is 3.12. The van der Waals surface area contributed by atoms with Crippen LogP contribution in [0.4, 0.5) is 0 Å². The molecule has 0 spiro atoms. The maximum atomic E-state index is 12.5. The van der Waals surface area contributed by atoms with E-state index >= 15 is 0 Å². The molecule has 1 heterocycles. The number of nitrogens with one attached hydrogen (secondary N) is 2. The number of carbonyl (C=O) groups excluding carboxylic acids is 2. The molecule has 0 aliphatic heterocycles. The second-order valence-corrected chi connectivity index (χ2v) is 6.18. The minimum absolute atomic E-state index is 0.235. The van der Waals surface area contributed by atoms with Gasteiger partial charge in [0.05, 0.1) is 19.9 Å². The topological polar surface area (TPSA) is 80.6 Å². The first-order chi connectivity index (χ1) is 12.0. The number of hydrogen-bond acceptors (Lipinski definition) is 4. The molecular formula is C19H24N2O4. The predicted molar refractivity (Wildman–Crippen MR) is 94.3 cm³/mol. The van der Waals surface area contributed by atoms with Gasteiger partial charge in [-0.25, -0.2) is 0 Å². The Balaban J connectivity index is 2.02. The van der Waals surface area contributed by atoms with Crippen LogP contribution >= 0.6 is 0 Å². The van der Waals surface area contributed by atoms with E-state index in [0.717, 1.165) is 0 Å². The van der Waals surface area contributed by atoms with Crippen LogP contribution in [-0.4, -0.2) is 25.0 Å². The van der Waals surface area contributed by atoms with Crippen LogP contribution < -0.4 is 15.4 Å². The molecule has 0 bridgehead atoms. The lowest BCUT2D eigenvalue weighted by atomic mass is 10.0. The van der Waals surface area contributed by atoms with Crippen molar-refractivity contribution in [3.63, 3.8) is 0 Å². The molecule has 0 saturated carbocycles. The zero-order valence-corrected chi connectivity index (χ0v) is 14.7. The van der Waals surface area contributed by atoms with Crippen molar-refractivity contribution >= 4 is 11.8 Å². The van der Waals surface area contributed by atoms with E-state index in [1.807, 2.05) is 13.8 Å². The predicted octanol–water partition coefficient (Wildman–Crippen LogP) is 2.75. The van der Waals surface area contributed by atoms with Crippen molar-refractivity contribution in [2.45, 2.75) is 32.9 Å². The third kappa shape index (κ3) is 5.67. The first-order valence-corrected chi connectivity index (χ1v) is 8.24. The third-order valence-corrected chi connectivity index (χ3v) is 3.68. The zero-order chi connectivity index (χ0) is 18.2. The molecule has 6 nitrogen and oxygen atoms in total. The molecule has 25 heavy (non-hydrogen) atoms. The van der Waals surface area contributed by atoms with Crippen LogP contribution in [0.15, 0.2) is 47.1 Å². The summed E-state index contributed by atoms with van der Waals surface area (Å²) in [4.78, 5) is 24.9. The van der Waals surface area contributed by atoms with Crippen molar-refractivity contribution in [3.8, 4) is 5.75 Å². The Morgan fingerprint density at radius 3 is 2.64 bits per heavy atom. The summed E-state index contributed by atoms with van der Waals surface area (Å²) < 4.78 is 10.3. The van der Waals surface area contributed by atoms with Crippen LogP contribution in [0.5, 0.6) is 5.75 Å². The van der Waals surface area contributed by atoms with Gasteiger partial charge in [-0.1, -0.05) is 19.9 Å². The van der Waals surface area contributed by atoms with Gasteiger partial charge in [0.25, 0.3) is 5.91 Å². The molecule has 6 heteroatoms. The number of hydrogen-bond donors (Lipinski definition) is 2. The fourth-order valence-corrected chi connectivity index (χ4v) is 2.42. The summed E-state index contributed by atoms with van der Waals surface area (Å²) in [5, 5.41) is 5.61.